The fourth-order valence-electron chi connectivity index (χ4n) is 3.84. The molecule has 0 spiro atoms. The largest absolute Gasteiger partial charge is 0.352 e. The van der Waals surface area contributed by atoms with E-state index in [-0.39, 0.29) is 5.91 Å². The van der Waals surface area contributed by atoms with Gasteiger partial charge in [-0.05, 0) is 73.6 Å². The smallest absolute Gasteiger partial charge is 0.252 e. The first kappa shape index (κ1) is 15.0. The number of fused-ring (bicyclic) bond motifs is 2. The van der Waals surface area contributed by atoms with Gasteiger partial charge in [0, 0.05) is 23.1 Å². The summed E-state index contributed by atoms with van der Waals surface area (Å²) in [5.41, 5.74) is 1.85. The highest BCUT2D eigenvalue weighted by atomic mass is 79.9. The second kappa shape index (κ2) is 6.09. The van der Waals surface area contributed by atoms with E-state index in [1.54, 1.807) is 0 Å². The van der Waals surface area contributed by atoms with Crippen LogP contribution in [0.25, 0.3) is 0 Å². The zero-order chi connectivity index (χ0) is 15.0. The van der Waals surface area contributed by atoms with Crippen LogP contribution < -0.4 is 5.32 Å². The zero-order valence-electron chi connectivity index (χ0n) is 12.7. The summed E-state index contributed by atoms with van der Waals surface area (Å²) >= 11 is 3.47. The average molecular weight is 351 g/mol. The molecule has 2 saturated heterocycles. The molecule has 4 heteroatoms. The summed E-state index contributed by atoms with van der Waals surface area (Å²) in [7, 11) is 2.25. The van der Waals surface area contributed by atoms with Crippen LogP contribution in [0.15, 0.2) is 22.7 Å². The van der Waals surface area contributed by atoms with Crippen molar-refractivity contribution in [1.82, 2.24) is 10.2 Å². The Labute approximate surface area is 135 Å². The van der Waals surface area contributed by atoms with Crippen LogP contribution in [0, 0.1) is 12.8 Å². The number of rotatable bonds is 3. The molecule has 0 radical (unpaired) electrons. The molecule has 3 rings (SSSR count). The molecule has 2 aliphatic heterocycles. The summed E-state index contributed by atoms with van der Waals surface area (Å²) in [5, 5.41) is 3.13. The van der Waals surface area contributed by atoms with Crippen molar-refractivity contribution in [1.29, 1.82) is 0 Å². The Bertz CT molecular complexity index is 532. The van der Waals surface area contributed by atoms with Gasteiger partial charge in [0.2, 0.25) is 0 Å². The lowest BCUT2D eigenvalue weighted by Gasteiger charge is -2.36. The number of benzene rings is 1. The van der Waals surface area contributed by atoms with E-state index in [2.05, 4.69) is 33.2 Å². The highest BCUT2D eigenvalue weighted by Gasteiger charge is 2.38. The molecule has 3 nitrogen and oxygen atoms in total. The molecule has 1 amide bonds. The summed E-state index contributed by atoms with van der Waals surface area (Å²) in [4.78, 5) is 14.9. The van der Waals surface area contributed by atoms with E-state index in [0.717, 1.165) is 34.2 Å². The van der Waals surface area contributed by atoms with Crippen molar-refractivity contribution < 1.29 is 4.79 Å². The van der Waals surface area contributed by atoms with Gasteiger partial charge in [0.05, 0.1) is 5.56 Å². The molecule has 0 saturated carbocycles. The Morgan fingerprint density at radius 2 is 2.00 bits per heavy atom. The fraction of sp³-hybridized carbons (Fsp3) is 0.588. The summed E-state index contributed by atoms with van der Waals surface area (Å²) in [6.07, 6.45) is 5.11. The first-order chi connectivity index (χ1) is 10.0. The van der Waals surface area contributed by atoms with Crippen LogP contribution in [0.2, 0.25) is 0 Å². The number of halogens is 1. The molecule has 2 fully saturated rings. The van der Waals surface area contributed by atoms with Crippen LogP contribution in [0.5, 0.6) is 0 Å². The third kappa shape index (κ3) is 3.16. The molecule has 2 atom stereocenters. The van der Waals surface area contributed by atoms with Crippen LogP contribution >= 0.6 is 15.9 Å². The van der Waals surface area contributed by atoms with Gasteiger partial charge < -0.3 is 10.2 Å². The maximum atomic E-state index is 12.4. The molecule has 2 aliphatic rings. The second-order valence-electron chi connectivity index (χ2n) is 6.58. The number of nitrogens with one attached hydrogen (secondary N) is 1. The predicted octanol–water partition coefficient (Wildman–Crippen LogP) is 3.36. The van der Waals surface area contributed by atoms with Crippen molar-refractivity contribution in [2.24, 2.45) is 5.92 Å². The summed E-state index contributed by atoms with van der Waals surface area (Å²) in [5.74, 6) is 0.670. The van der Waals surface area contributed by atoms with Crippen LogP contribution in [0.3, 0.4) is 0 Å². The van der Waals surface area contributed by atoms with E-state index < -0.39 is 0 Å². The third-order valence-corrected chi connectivity index (χ3v) is 5.81. The zero-order valence-corrected chi connectivity index (χ0v) is 14.3. The van der Waals surface area contributed by atoms with Crippen molar-refractivity contribution in [3.63, 3.8) is 0 Å². The molecule has 21 heavy (non-hydrogen) atoms. The van der Waals surface area contributed by atoms with Crippen molar-refractivity contribution in [3.05, 3.63) is 33.8 Å². The molecule has 1 aromatic rings. The molecular formula is C17H23BrN2O. The van der Waals surface area contributed by atoms with Crippen LogP contribution in [-0.2, 0) is 0 Å². The normalized spacial score (nSPS) is 28.6. The molecule has 0 aromatic heterocycles. The van der Waals surface area contributed by atoms with Crippen molar-refractivity contribution >= 4 is 21.8 Å². The summed E-state index contributed by atoms with van der Waals surface area (Å²) in [6.45, 7) is 2.82. The average Bonchev–Trinajstić information content (AvgIpc) is 2.69. The number of hydrogen-bond donors (Lipinski definition) is 1. The van der Waals surface area contributed by atoms with Gasteiger partial charge in [-0.3, -0.25) is 4.79 Å². The Kier molecular flexibility index (Phi) is 4.36. The van der Waals surface area contributed by atoms with E-state index >= 15 is 0 Å². The van der Waals surface area contributed by atoms with Crippen molar-refractivity contribution in [2.75, 3.05) is 13.6 Å². The highest BCUT2D eigenvalue weighted by molar-refractivity contribution is 9.10. The molecular weight excluding hydrogens is 328 g/mol. The second-order valence-corrected chi connectivity index (χ2v) is 7.44. The number of nitrogens with zero attached hydrogens (tertiary/aromatic N) is 1. The molecule has 1 aromatic carbocycles. The Morgan fingerprint density at radius 3 is 2.67 bits per heavy atom. The van der Waals surface area contributed by atoms with E-state index in [9.17, 15) is 4.79 Å². The number of amides is 1. The maximum absolute atomic E-state index is 12.4. The first-order valence-corrected chi connectivity index (χ1v) is 8.60. The molecule has 1 N–H and O–H groups in total. The molecule has 2 heterocycles. The Balaban J connectivity index is 1.58. The van der Waals surface area contributed by atoms with Gasteiger partial charge in [-0.15, -0.1) is 0 Å². The number of piperidine rings is 1. The maximum Gasteiger partial charge on any atom is 0.252 e. The van der Waals surface area contributed by atoms with Gasteiger partial charge in [-0.2, -0.15) is 0 Å². The van der Waals surface area contributed by atoms with Gasteiger partial charge in [0.25, 0.3) is 5.91 Å². The fourth-order valence-corrected chi connectivity index (χ4v) is 4.26. The van der Waals surface area contributed by atoms with E-state index in [1.165, 1.54) is 25.7 Å². The lowest BCUT2D eigenvalue weighted by Crippen LogP contribution is -2.43. The number of carbonyl (C=O) groups is 1. The lowest BCUT2D eigenvalue weighted by atomic mass is 9.91. The topological polar surface area (TPSA) is 32.3 Å². The number of hydrogen-bond acceptors (Lipinski definition) is 2. The van der Waals surface area contributed by atoms with Gasteiger partial charge in [-0.1, -0.05) is 11.6 Å². The molecule has 0 aliphatic carbocycles. The van der Waals surface area contributed by atoms with Crippen LogP contribution in [0.1, 0.15) is 41.6 Å². The van der Waals surface area contributed by atoms with E-state index in [1.807, 2.05) is 25.1 Å². The predicted molar refractivity (Wildman–Crippen MR) is 88.5 cm³/mol. The summed E-state index contributed by atoms with van der Waals surface area (Å²) < 4.78 is 0.869. The standard InChI is InChI=1S/C17H23BrN2O/c1-11-3-6-16(18)15(7-11)17(21)19-10-12-8-13-4-5-14(9-12)20(13)2/h3,6-7,12-14H,4-5,8-10H2,1-2H3,(H,19,21). The van der Waals surface area contributed by atoms with E-state index in [4.69, 9.17) is 0 Å². The SMILES string of the molecule is Cc1ccc(Br)c(C(=O)NCC2CC3CCC(C2)N3C)c1. The third-order valence-electron chi connectivity index (χ3n) is 5.11. The number of carbonyl (C=O) groups excluding carboxylic acids is 1. The van der Waals surface area contributed by atoms with Crippen LogP contribution in [-0.4, -0.2) is 36.5 Å². The Morgan fingerprint density at radius 1 is 1.33 bits per heavy atom. The molecule has 2 unspecified atom stereocenters. The van der Waals surface area contributed by atoms with Gasteiger partial charge >= 0.3 is 0 Å². The van der Waals surface area contributed by atoms with Crippen LogP contribution in [0.4, 0.5) is 0 Å². The molecule has 2 bridgehead atoms. The quantitative estimate of drug-likeness (QED) is 0.906. The minimum atomic E-state index is 0.0388. The monoisotopic (exact) mass is 350 g/mol. The lowest BCUT2D eigenvalue weighted by molar-refractivity contribution is 0.0916. The van der Waals surface area contributed by atoms with Gasteiger partial charge in [0.15, 0.2) is 0 Å². The molecule has 114 valence electrons. The Hall–Kier alpha value is -0.870. The minimum Gasteiger partial charge on any atom is -0.352 e. The van der Waals surface area contributed by atoms with E-state index in [0.29, 0.717) is 5.92 Å². The van der Waals surface area contributed by atoms with Gasteiger partial charge in [-0.25, -0.2) is 0 Å². The number of aryl methyl sites for hydroxylation is 1. The first-order valence-electron chi connectivity index (χ1n) is 7.81. The van der Waals surface area contributed by atoms with Crippen molar-refractivity contribution in [2.45, 2.75) is 44.7 Å². The van der Waals surface area contributed by atoms with Gasteiger partial charge in [0.1, 0.15) is 0 Å². The van der Waals surface area contributed by atoms with Crippen molar-refractivity contribution in [3.8, 4) is 0 Å². The summed E-state index contributed by atoms with van der Waals surface area (Å²) in [6, 6.07) is 7.36. The highest BCUT2D eigenvalue weighted by Crippen LogP contribution is 2.37. The minimum absolute atomic E-state index is 0.0388.